The predicted molar refractivity (Wildman–Crippen MR) is 123 cm³/mol. The van der Waals surface area contributed by atoms with Crippen molar-refractivity contribution in [2.75, 3.05) is 38.2 Å². The molecule has 2 aromatic rings. The number of nitrogens with zero attached hydrogens (tertiary/aromatic N) is 1. The van der Waals surface area contributed by atoms with Crippen molar-refractivity contribution in [2.45, 2.75) is 25.7 Å². The molecule has 0 aromatic heterocycles. The van der Waals surface area contributed by atoms with E-state index in [2.05, 4.69) is 21.2 Å². The first-order chi connectivity index (χ1) is 15.1. The van der Waals surface area contributed by atoms with E-state index in [-0.39, 0.29) is 23.5 Å². The number of amides is 1. The monoisotopic (exact) mass is 524 g/mol. The summed E-state index contributed by atoms with van der Waals surface area (Å²) >= 11 is 3.25. The molecule has 0 atom stereocenters. The fourth-order valence-electron chi connectivity index (χ4n) is 3.52. The molecule has 1 fully saturated rings. The third-order valence-corrected chi connectivity index (χ3v) is 7.92. The lowest BCUT2D eigenvalue weighted by Gasteiger charge is -2.26. The molecule has 172 valence electrons. The van der Waals surface area contributed by atoms with Gasteiger partial charge in [0.25, 0.3) is 5.91 Å². The second-order valence-electron chi connectivity index (χ2n) is 7.56. The van der Waals surface area contributed by atoms with Gasteiger partial charge in [0.1, 0.15) is 0 Å². The quantitative estimate of drug-likeness (QED) is 0.582. The molecular formula is C22H25BrN2O6S. The molecule has 0 unspecified atom stereocenters. The molecule has 1 aliphatic rings. The van der Waals surface area contributed by atoms with Crippen LogP contribution in [0.2, 0.25) is 0 Å². The second kappa shape index (κ2) is 10.1. The molecule has 0 bridgehead atoms. The highest BCUT2D eigenvalue weighted by Crippen LogP contribution is 2.27. The first-order valence-corrected chi connectivity index (χ1v) is 12.2. The number of carbonyl (C=O) groups is 2. The summed E-state index contributed by atoms with van der Waals surface area (Å²) in [5.74, 6) is -1.27. The van der Waals surface area contributed by atoms with Gasteiger partial charge in [0, 0.05) is 23.2 Å². The fourth-order valence-corrected chi connectivity index (χ4v) is 5.88. The van der Waals surface area contributed by atoms with Crippen LogP contribution in [-0.2, 0) is 24.3 Å². The highest BCUT2D eigenvalue weighted by atomic mass is 79.9. The number of rotatable bonds is 6. The van der Waals surface area contributed by atoms with E-state index in [1.807, 2.05) is 32.9 Å². The Morgan fingerprint density at radius 1 is 1.09 bits per heavy atom. The molecule has 1 saturated heterocycles. The zero-order chi connectivity index (χ0) is 23.5. The summed E-state index contributed by atoms with van der Waals surface area (Å²) < 4.78 is 37.9. The van der Waals surface area contributed by atoms with E-state index in [1.54, 1.807) is 0 Å². The van der Waals surface area contributed by atoms with Crippen molar-refractivity contribution in [1.82, 2.24) is 4.31 Å². The number of sulfonamides is 1. The third-order valence-electron chi connectivity index (χ3n) is 5.03. The number of halogens is 1. The van der Waals surface area contributed by atoms with Crippen LogP contribution in [0, 0.1) is 20.8 Å². The molecule has 1 N–H and O–H groups in total. The summed E-state index contributed by atoms with van der Waals surface area (Å²) in [5, 5.41) is 2.76. The molecule has 3 rings (SSSR count). The standard InChI is InChI=1S/C22H25BrN2O6S/c1-14-10-15(2)21(16(3)11-14)24-20(26)13-31-22(27)17-4-5-18(23)19(12-17)32(28,29)25-6-8-30-9-7-25/h4-5,10-12H,6-9,13H2,1-3H3,(H,24,26). The number of anilines is 1. The first kappa shape index (κ1) is 24.4. The highest BCUT2D eigenvalue weighted by Gasteiger charge is 2.29. The maximum atomic E-state index is 13.0. The number of esters is 1. The van der Waals surface area contributed by atoms with Crippen molar-refractivity contribution in [1.29, 1.82) is 0 Å². The van der Waals surface area contributed by atoms with Gasteiger partial charge in [-0.2, -0.15) is 4.31 Å². The largest absolute Gasteiger partial charge is 0.452 e. The number of ether oxygens (including phenoxy) is 2. The predicted octanol–water partition coefficient (Wildman–Crippen LogP) is 3.19. The molecule has 10 heteroatoms. The molecule has 0 aliphatic carbocycles. The summed E-state index contributed by atoms with van der Waals surface area (Å²) in [6, 6.07) is 8.07. The topological polar surface area (TPSA) is 102 Å². The fraction of sp³-hybridized carbons (Fsp3) is 0.364. The summed E-state index contributed by atoms with van der Waals surface area (Å²) in [4.78, 5) is 24.8. The van der Waals surface area contributed by atoms with Crippen molar-refractivity contribution in [3.63, 3.8) is 0 Å². The summed E-state index contributed by atoms with van der Waals surface area (Å²) in [6.45, 7) is 6.36. The average Bonchev–Trinajstić information content (AvgIpc) is 2.75. The van der Waals surface area contributed by atoms with Crippen molar-refractivity contribution < 1.29 is 27.5 Å². The van der Waals surface area contributed by atoms with Gasteiger partial charge in [0.15, 0.2) is 6.61 Å². The van der Waals surface area contributed by atoms with Gasteiger partial charge in [-0.25, -0.2) is 13.2 Å². The van der Waals surface area contributed by atoms with Crippen LogP contribution in [0.1, 0.15) is 27.0 Å². The normalized spacial score (nSPS) is 14.8. The van der Waals surface area contributed by atoms with Gasteiger partial charge in [0.05, 0.1) is 23.7 Å². The minimum Gasteiger partial charge on any atom is -0.452 e. The zero-order valence-corrected chi connectivity index (χ0v) is 20.5. The van der Waals surface area contributed by atoms with E-state index in [0.29, 0.717) is 23.4 Å². The summed E-state index contributed by atoms with van der Waals surface area (Å²) in [6.07, 6.45) is 0. The van der Waals surface area contributed by atoms with Gasteiger partial charge < -0.3 is 14.8 Å². The van der Waals surface area contributed by atoms with Crippen molar-refractivity contribution in [3.05, 3.63) is 57.1 Å². The van der Waals surface area contributed by atoms with E-state index in [9.17, 15) is 18.0 Å². The van der Waals surface area contributed by atoms with Gasteiger partial charge in [-0.15, -0.1) is 0 Å². The molecule has 0 saturated carbocycles. The smallest absolute Gasteiger partial charge is 0.338 e. The molecule has 2 aromatic carbocycles. The molecular weight excluding hydrogens is 500 g/mol. The van der Waals surface area contributed by atoms with Gasteiger partial charge in [0.2, 0.25) is 10.0 Å². The van der Waals surface area contributed by atoms with E-state index >= 15 is 0 Å². The molecule has 1 amide bonds. The SMILES string of the molecule is Cc1cc(C)c(NC(=O)COC(=O)c2ccc(Br)c(S(=O)(=O)N3CCOCC3)c2)c(C)c1. The molecule has 0 radical (unpaired) electrons. The summed E-state index contributed by atoms with van der Waals surface area (Å²) in [7, 11) is -3.81. The van der Waals surface area contributed by atoms with Gasteiger partial charge in [-0.1, -0.05) is 17.7 Å². The lowest BCUT2D eigenvalue weighted by atomic mass is 10.1. The van der Waals surface area contributed by atoms with Crippen molar-refractivity contribution >= 4 is 43.5 Å². The van der Waals surface area contributed by atoms with Gasteiger partial charge in [-0.05, 0) is 66.0 Å². The maximum absolute atomic E-state index is 13.0. The van der Waals surface area contributed by atoms with E-state index in [4.69, 9.17) is 9.47 Å². The van der Waals surface area contributed by atoms with Crippen molar-refractivity contribution in [3.8, 4) is 0 Å². The Hall–Kier alpha value is -2.27. The number of hydrogen-bond acceptors (Lipinski definition) is 6. The van der Waals surface area contributed by atoms with Crippen LogP contribution in [0.4, 0.5) is 5.69 Å². The molecule has 0 spiro atoms. The third kappa shape index (κ3) is 5.55. The van der Waals surface area contributed by atoms with Gasteiger partial charge in [-0.3, -0.25) is 4.79 Å². The highest BCUT2D eigenvalue weighted by molar-refractivity contribution is 9.10. The Morgan fingerprint density at radius 3 is 2.34 bits per heavy atom. The number of hydrogen-bond donors (Lipinski definition) is 1. The summed E-state index contributed by atoms with van der Waals surface area (Å²) in [5.41, 5.74) is 3.62. The molecule has 1 aliphatic heterocycles. The van der Waals surface area contributed by atoms with Crippen LogP contribution in [0.15, 0.2) is 39.7 Å². The minimum absolute atomic E-state index is 0.0375. The Balaban J connectivity index is 1.69. The van der Waals surface area contributed by atoms with E-state index < -0.39 is 28.5 Å². The lowest BCUT2D eigenvalue weighted by Crippen LogP contribution is -2.40. The van der Waals surface area contributed by atoms with E-state index in [0.717, 1.165) is 16.7 Å². The molecule has 1 heterocycles. The maximum Gasteiger partial charge on any atom is 0.338 e. The van der Waals surface area contributed by atoms with Crippen LogP contribution < -0.4 is 5.32 Å². The van der Waals surface area contributed by atoms with Gasteiger partial charge >= 0.3 is 5.97 Å². The van der Waals surface area contributed by atoms with E-state index in [1.165, 1.54) is 22.5 Å². The number of nitrogens with one attached hydrogen (secondary N) is 1. The first-order valence-electron chi connectivity index (χ1n) is 10.0. The Morgan fingerprint density at radius 2 is 1.72 bits per heavy atom. The number of aryl methyl sites for hydroxylation is 3. The number of carbonyl (C=O) groups excluding carboxylic acids is 2. The number of benzene rings is 2. The zero-order valence-electron chi connectivity index (χ0n) is 18.1. The average molecular weight is 525 g/mol. The lowest BCUT2D eigenvalue weighted by molar-refractivity contribution is -0.119. The Kier molecular flexibility index (Phi) is 7.71. The second-order valence-corrected chi connectivity index (χ2v) is 10.3. The van der Waals surface area contributed by atoms with Crippen LogP contribution in [0.25, 0.3) is 0 Å². The van der Waals surface area contributed by atoms with Crippen molar-refractivity contribution in [2.24, 2.45) is 0 Å². The number of morpholine rings is 1. The Labute approximate surface area is 196 Å². The Bertz CT molecular complexity index is 1120. The molecule has 8 nitrogen and oxygen atoms in total. The molecule has 32 heavy (non-hydrogen) atoms. The van der Waals surface area contributed by atoms with Crippen LogP contribution in [0.5, 0.6) is 0 Å². The van der Waals surface area contributed by atoms with Crippen LogP contribution in [-0.4, -0.2) is 57.5 Å². The van der Waals surface area contributed by atoms with Crippen LogP contribution >= 0.6 is 15.9 Å². The minimum atomic E-state index is -3.81. The van der Waals surface area contributed by atoms with Crippen LogP contribution in [0.3, 0.4) is 0 Å².